The Kier molecular flexibility index (Phi) is 30.6. The van der Waals surface area contributed by atoms with Crippen molar-refractivity contribution in [2.24, 2.45) is 5.41 Å². The SMILES string of the molecule is CCCCCCCCCCCC[NH2+]CCCCCCCCCCCCCCCC(C)(C)C.[Cl-]. The first-order valence-corrected chi connectivity index (χ1v) is 15.4. The molecule has 1 nitrogen and oxygen atoms in total. The third kappa shape index (κ3) is 34.5. The summed E-state index contributed by atoms with van der Waals surface area (Å²) in [5.74, 6) is 0. The Morgan fingerprint density at radius 1 is 0.394 bits per heavy atom. The molecule has 2 heteroatoms. The molecule has 0 atom stereocenters. The number of rotatable bonds is 26. The third-order valence-corrected chi connectivity index (χ3v) is 7.10. The third-order valence-electron chi connectivity index (χ3n) is 7.10. The fourth-order valence-corrected chi connectivity index (χ4v) is 4.81. The summed E-state index contributed by atoms with van der Waals surface area (Å²) < 4.78 is 0. The number of nitrogens with two attached hydrogens (primary N) is 1. The Morgan fingerprint density at radius 2 is 0.667 bits per heavy atom. The van der Waals surface area contributed by atoms with E-state index in [9.17, 15) is 0 Å². The van der Waals surface area contributed by atoms with E-state index in [1.165, 1.54) is 167 Å². The van der Waals surface area contributed by atoms with Gasteiger partial charge in [-0.15, -0.1) is 0 Å². The Labute approximate surface area is 217 Å². The molecule has 0 radical (unpaired) electrons. The Morgan fingerprint density at radius 3 is 0.970 bits per heavy atom. The molecule has 0 aliphatic carbocycles. The van der Waals surface area contributed by atoms with Gasteiger partial charge in [-0.2, -0.15) is 0 Å². The zero-order chi connectivity index (χ0) is 23.6. The van der Waals surface area contributed by atoms with Crippen molar-refractivity contribution in [3.05, 3.63) is 0 Å². The first-order chi connectivity index (χ1) is 15.6. The van der Waals surface area contributed by atoms with Crippen LogP contribution in [0, 0.1) is 5.41 Å². The average molecular weight is 488 g/mol. The van der Waals surface area contributed by atoms with Crippen LogP contribution in [0.5, 0.6) is 0 Å². The van der Waals surface area contributed by atoms with Gasteiger partial charge in [-0.25, -0.2) is 0 Å². The topological polar surface area (TPSA) is 16.6 Å². The van der Waals surface area contributed by atoms with Crippen LogP contribution in [0.2, 0.25) is 0 Å². The van der Waals surface area contributed by atoms with Gasteiger partial charge in [0, 0.05) is 0 Å². The highest BCUT2D eigenvalue weighted by atomic mass is 35.5. The van der Waals surface area contributed by atoms with Crippen LogP contribution in [0.3, 0.4) is 0 Å². The lowest BCUT2D eigenvalue weighted by Gasteiger charge is -2.17. The number of quaternary nitrogens is 1. The van der Waals surface area contributed by atoms with Gasteiger partial charge in [-0.05, 0) is 37.5 Å². The molecule has 0 spiro atoms. The Bertz CT molecular complexity index is 336. The molecule has 0 fully saturated rings. The van der Waals surface area contributed by atoms with Crippen LogP contribution in [0.15, 0.2) is 0 Å². The van der Waals surface area contributed by atoms with E-state index < -0.39 is 0 Å². The Hall–Kier alpha value is 0.250. The molecule has 0 aliphatic heterocycles. The molecule has 0 aromatic rings. The first kappa shape index (κ1) is 35.4. The second-order valence-electron chi connectivity index (χ2n) is 12.0. The predicted octanol–water partition coefficient (Wildman–Crippen LogP) is 6.98. The summed E-state index contributed by atoms with van der Waals surface area (Å²) >= 11 is 0. The van der Waals surface area contributed by atoms with Crippen LogP contribution >= 0.6 is 0 Å². The molecule has 202 valence electrons. The number of halogens is 1. The van der Waals surface area contributed by atoms with Crippen molar-refractivity contribution >= 4 is 0 Å². The fourth-order valence-electron chi connectivity index (χ4n) is 4.81. The molecular formula is C31H66ClN. The summed E-state index contributed by atoms with van der Waals surface area (Å²) in [7, 11) is 0. The summed E-state index contributed by atoms with van der Waals surface area (Å²) in [5.41, 5.74) is 0.532. The first-order valence-electron chi connectivity index (χ1n) is 15.4. The van der Waals surface area contributed by atoms with Crippen LogP contribution in [0.1, 0.15) is 182 Å². The van der Waals surface area contributed by atoms with Gasteiger partial charge in [0.15, 0.2) is 0 Å². The Balaban J connectivity index is 0. The van der Waals surface area contributed by atoms with Crippen molar-refractivity contribution in [3.63, 3.8) is 0 Å². The molecule has 0 rings (SSSR count). The molecule has 33 heavy (non-hydrogen) atoms. The summed E-state index contributed by atoms with van der Waals surface area (Å²) in [6.45, 7) is 12.1. The van der Waals surface area contributed by atoms with E-state index in [1.54, 1.807) is 0 Å². The van der Waals surface area contributed by atoms with Crippen LogP contribution in [-0.4, -0.2) is 13.1 Å². The lowest BCUT2D eigenvalue weighted by Crippen LogP contribution is -3.00. The minimum atomic E-state index is 0. The van der Waals surface area contributed by atoms with Crippen LogP contribution in [0.4, 0.5) is 0 Å². The zero-order valence-corrected chi connectivity index (χ0v) is 24.6. The van der Waals surface area contributed by atoms with E-state index in [0.29, 0.717) is 5.41 Å². The molecule has 0 bridgehead atoms. The molecule has 0 heterocycles. The number of hydrogen-bond donors (Lipinski definition) is 1. The van der Waals surface area contributed by atoms with Gasteiger partial charge in [0.1, 0.15) is 0 Å². The van der Waals surface area contributed by atoms with Crippen molar-refractivity contribution in [1.29, 1.82) is 0 Å². The maximum atomic E-state index is 2.58. The van der Waals surface area contributed by atoms with E-state index in [0.717, 1.165) is 0 Å². The zero-order valence-electron chi connectivity index (χ0n) is 23.8. The second kappa shape index (κ2) is 28.5. The number of hydrogen-bond acceptors (Lipinski definition) is 0. The highest BCUT2D eigenvalue weighted by molar-refractivity contribution is 4.61. The van der Waals surface area contributed by atoms with Crippen LogP contribution in [-0.2, 0) is 0 Å². The summed E-state index contributed by atoms with van der Waals surface area (Å²) in [5, 5.41) is 2.58. The van der Waals surface area contributed by atoms with Crippen molar-refractivity contribution < 1.29 is 17.7 Å². The average Bonchev–Trinajstić information content (AvgIpc) is 2.75. The minimum Gasteiger partial charge on any atom is -1.00 e. The van der Waals surface area contributed by atoms with Crippen molar-refractivity contribution in [1.82, 2.24) is 0 Å². The smallest absolute Gasteiger partial charge is 0.0755 e. The van der Waals surface area contributed by atoms with E-state index >= 15 is 0 Å². The molecule has 0 saturated heterocycles. The molecule has 0 aromatic carbocycles. The molecule has 0 amide bonds. The molecule has 0 aliphatic rings. The van der Waals surface area contributed by atoms with E-state index in [-0.39, 0.29) is 12.4 Å². The summed E-state index contributed by atoms with van der Waals surface area (Å²) in [6, 6.07) is 0. The minimum absolute atomic E-state index is 0. The van der Waals surface area contributed by atoms with Crippen molar-refractivity contribution in [3.8, 4) is 0 Å². The van der Waals surface area contributed by atoms with E-state index in [4.69, 9.17) is 0 Å². The van der Waals surface area contributed by atoms with Gasteiger partial charge in [0.05, 0.1) is 13.1 Å². The molecule has 0 aromatic heterocycles. The van der Waals surface area contributed by atoms with Gasteiger partial charge >= 0.3 is 0 Å². The van der Waals surface area contributed by atoms with Crippen LogP contribution in [0.25, 0.3) is 0 Å². The highest BCUT2D eigenvalue weighted by Gasteiger charge is 2.08. The standard InChI is InChI=1S/C31H65N.ClH/c1-5-6-7-8-9-10-17-20-23-26-29-32-30-27-24-21-18-15-13-11-12-14-16-19-22-25-28-31(2,3)4;/h32H,5-30H2,1-4H3;1H. The lowest BCUT2D eigenvalue weighted by molar-refractivity contribution is -0.655. The fraction of sp³-hybridized carbons (Fsp3) is 1.00. The predicted molar refractivity (Wildman–Crippen MR) is 148 cm³/mol. The van der Waals surface area contributed by atoms with Crippen molar-refractivity contribution in [2.45, 2.75) is 182 Å². The quantitative estimate of drug-likeness (QED) is 0.127. The maximum Gasteiger partial charge on any atom is 0.0755 e. The van der Waals surface area contributed by atoms with Gasteiger partial charge < -0.3 is 17.7 Å². The summed E-state index contributed by atoms with van der Waals surface area (Å²) in [4.78, 5) is 0. The molecule has 2 N–H and O–H groups in total. The van der Waals surface area contributed by atoms with Crippen LogP contribution < -0.4 is 17.7 Å². The largest absolute Gasteiger partial charge is 1.00 e. The van der Waals surface area contributed by atoms with Crippen molar-refractivity contribution in [2.75, 3.05) is 13.1 Å². The monoisotopic (exact) mass is 487 g/mol. The van der Waals surface area contributed by atoms with E-state index in [2.05, 4.69) is 33.0 Å². The second-order valence-corrected chi connectivity index (χ2v) is 12.0. The highest BCUT2D eigenvalue weighted by Crippen LogP contribution is 2.22. The molecule has 0 saturated carbocycles. The van der Waals surface area contributed by atoms with Gasteiger partial charge in [-0.3, -0.25) is 0 Å². The van der Waals surface area contributed by atoms with Gasteiger partial charge in [0.25, 0.3) is 0 Å². The lowest BCUT2D eigenvalue weighted by atomic mass is 9.89. The number of unbranched alkanes of at least 4 members (excludes halogenated alkanes) is 21. The summed E-state index contributed by atoms with van der Waals surface area (Å²) in [6.07, 6.45) is 35.0. The molecule has 0 unspecified atom stereocenters. The van der Waals surface area contributed by atoms with E-state index in [1.807, 2.05) is 0 Å². The normalized spacial score (nSPS) is 11.6. The molecular weight excluding hydrogens is 422 g/mol. The van der Waals surface area contributed by atoms with Gasteiger partial charge in [0.2, 0.25) is 0 Å². The van der Waals surface area contributed by atoms with Gasteiger partial charge in [-0.1, -0.05) is 150 Å². The maximum absolute atomic E-state index is 2.58.